The van der Waals surface area contributed by atoms with Gasteiger partial charge in [-0.2, -0.15) is 0 Å². The summed E-state index contributed by atoms with van der Waals surface area (Å²) >= 11 is 10.8. The minimum Gasteiger partial charge on any atom is -0.493 e. The van der Waals surface area contributed by atoms with Crippen LogP contribution in [0.15, 0.2) is 47.1 Å². The molecule has 1 heterocycles. The lowest BCUT2D eigenvalue weighted by Crippen LogP contribution is -2.12. The summed E-state index contributed by atoms with van der Waals surface area (Å²) in [5.41, 5.74) is 1.58. The fourth-order valence-corrected chi connectivity index (χ4v) is 4.08. The van der Waals surface area contributed by atoms with Crippen molar-refractivity contribution >= 4 is 49.9 Å². The molecule has 0 atom stereocenters. The molecule has 2 aromatic carbocycles. The van der Waals surface area contributed by atoms with Crippen LogP contribution >= 0.6 is 38.9 Å². The normalized spacial score (nSPS) is 10.6. The van der Waals surface area contributed by atoms with E-state index in [4.69, 9.17) is 21.1 Å². The first-order valence-corrected chi connectivity index (χ1v) is 10.5. The summed E-state index contributed by atoms with van der Waals surface area (Å²) in [7, 11) is 1.54. The molecule has 3 aromatic rings. The van der Waals surface area contributed by atoms with E-state index in [0.717, 1.165) is 16.9 Å². The van der Waals surface area contributed by atoms with Gasteiger partial charge in [-0.15, -0.1) is 11.3 Å². The number of rotatable bonds is 7. The maximum atomic E-state index is 12.6. The number of methoxy groups -OCH3 is 1. The molecule has 3 rings (SSSR count). The highest BCUT2D eigenvalue weighted by Crippen LogP contribution is 2.37. The van der Waals surface area contributed by atoms with Crippen LogP contribution in [0.3, 0.4) is 0 Å². The van der Waals surface area contributed by atoms with Crippen LogP contribution in [-0.2, 0) is 6.42 Å². The molecule has 0 unspecified atom stereocenters. The molecule has 0 bridgehead atoms. The van der Waals surface area contributed by atoms with Crippen molar-refractivity contribution in [3.63, 3.8) is 0 Å². The second-order valence-electron chi connectivity index (χ2n) is 5.81. The largest absolute Gasteiger partial charge is 0.493 e. The molecule has 0 saturated carbocycles. The molecule has 1 N–H and O–H groups in total. The van der Waals surface area contributed by atoms with E-state index in [0.29, 0.717) is 38.3 Å². The van der Waals surface area contributed by atoms with Gasteiger partial charge in [-0.1, -0.05) is 23.7 Å². The van der Waals surface area contributed by atoms with E-state index in [1.54, 1.807) is 18.3 Å². The van der Waals surface area contributed by atoms with Crippen molar-refractivity contribution in [2.45, 2.75) is 13.3 Å². The molecular formula is C20H18BrClN2O3S. The average molecular weight is 482 g/mol. The number of ether oxygens (including phenoxy) is 2. The lowest BCUT2D eigenvalue weighted by Gasteiger charge is -2.13. The Bertz CT molecular complexity index is 976. The number of nitrogens with one attached hydrogen (secondary N) is 1. The van der Waals surface area contributed by atoms with E-state index < -0.39 is 0 Å². The van der Waals surface area contributed by atoms with Gasteiger partial charge in [0.2, 0.25) is 0 Å². The van der Waals surface area contributed by atoms with Crippen LogP contribution in [0.25, 0.3) is 0 Å². The first kappa shape index (κ1) is 20.6. The summed E-state index contributed by atoms with van der Waals surface area (Å²) in [6.45, 7) is 2.38. The highest BCUT2D eigenvalue weighted by molar-refractivity contribution is 9.10. The summed E-state index contributed by atoms with van der Waals surface area (Å²) in [4.78, 5) is 18.0. The van der Waals surface area contributed by atoms with E-state index >= 15 is 0 Å². The number of benzene rings is 2. The van der Waals surface area contributed by atoms with Crippen LogP contribution < -0.4 is 14.8 Å². The molecule has 0 aliphatic carbocycles. The second kappa shape index (κ2) is 9.41. The van der Waals surface area contributed by atoms with E-state index in [2.05, 4.69) is 26.2 Å². The zero-order valence-electron chi connectivity index (χ0n) is 15.3. The Balaban J connectivity index is 1.72. The van der Waals surface area contributed by atoms with E-state index in [1.165, 1.54) is 18.4 Å². The molecule has 146 valence electrons. The minimum absolute atomic E-state index is 0.269. The van der Waals surface area contributed by atoms with Crippen molar-refractivity contribution in [3.05, 3.63) is 68.1 Å². The second-order valence-corrected chi connectivity index (χ2v) is 8.22. The van der Waals surface area contributed by atoms with Crippen molar-refractivity contribution in [2.24, 2.45) is 0 Å². The molecular weight excluding hydrogens is 464 g/mol. The van der Waals surface area contributed by atoms with Gasteiger partial charge in [-0.3, -0.25) is 10.1 Å². The van der Waals surface area contributed by atoms with Crippen LogP contribution in [0.2, 0.25) is 5.02 Å². The number of carbonyl (C=O) groups excluding carboxylic acids is 1. The topological polar surface area (TPSA) is 60.5 Å². The number of carbonyl (C=O) groups is 1. The lowest BCUT2D eigenvalue weighted by atomic mass is 10.1. The van der Waals surface area contributed by atoms with Crippen LogP contribution in [0.5, 0.6) is 11.5 Å². The number of nitrogens with zero attached hydrogens (tertiary/aromatic N) is 1. The first-order valence-electron chi connectivity index (χ1n) is 8.51. The molecule has 1 aromatic heterocycles. The summed E-state index contributed by atoms with van der Waals surface area (Å²) in [5, 5.41) is 4.08. The number of thiazole rings is 1. The molecule has 0 aliphatic heterocycles. The average Bonchev–Trinajstić information content (AvgIpc) is 3.11. The molecule has 28 heavy (non-hydrogen) atoms. The third-order valence-electron chi connectivity index (χ3n) is 3.85. The number of hydrogen-bond acceptors (Lipinski definition) is 5. The fraction of sp³-hybridized carbons (Fsp3) is 0.200. The molecule has 0 aliphatic rings. The Morgan fingerprint density at radius 1 is 1.29 bits per heavy atom. The number of aromatic nitrogens is 1. The Morgan fingerprint density at radius 3 is 2.71 bits per heavy atom. The molecule has 0 radical (unpaired) electrons. The first-order chi connectivity index (χ1) is 13.5. The zero-order chi connectivity index (χ0) is 20.1. The molecule has 0 fully saturated rings. The number of amides is 1. The van der Waals surface area contributed by atoms with Crippen molar-refractivity contribution < 1.29 is 14.3 Å². The molecule has 1 amide bonds. The molecule has 8 heteroatoms. The van der Waals surface area contributed by atoms with Gasteiger partial charge in [-0.05, 0) is 52.7 Å². The van der Waals surface area contributed by atoms with Gasteiger partial charge in [0.1, 0.15) is 0 Å². The highest BCUT2D eigenvalue weighted by atomic mass is 79.9. The van der Waals surface area contributed by atoms with Gasteiger partial charge >= 0.3 is 0 Å². The van der Waals surface area contributed by atoms with E-state index in [-0.39, 0.29) is 5.91 Å². The highest BCUT2D eigenvalue weighted by Gasteiger charge is 2.16. The Labute approximate surface area is 180 Å². The zero-order valence-corrected chi connectivity index (χ0v) is 18.5. The predicted molar refractivity (Wildman–Crippen MR) is 116 cm³/mol. The van der Waals surface area contributed by atoms with Gasteiger partial charge < -0.3 is 9.47 Å². The van der Waals surface area contributed by atoms with Crippen molar-refractivity contribution in [1.82, 2.24) is 4.98 Å². The maximum absolute atomic E-state index is 12.6. The van der Waals surface area contributed by atoms with Crippen molar-refractivity contribution in [3.8, 4) is 11.5 Å². The number of anilines is 1. The van der Waals surface area contributed by atoms with Gasteiger partial charge in [0.15, 0.2) is 16.6 Å². The number of hydrogen-bond donors (Lipinski definition) is 1. The summed E-state index contributed by atoms with van der Waals surface area (Å²) in [5.74, 6) is 0.791. The number of halogens is 2. The van der Waals surface area contributed by atoms with Crippen LogP contribution in [0, 0.1) is 0 Å². The van der Waals surface area contributed by atoms with Crippen LogP contribution in [0.1, 0.15) is 27.7 Å². The monoisotopic (exact) mass is 480 g/mol. The predicted octanol–water partition coefficient (Wildman–Crippen LogP) is 5.81. The summed E-state index contributed by atoms with van der Waals surface area (Å²) in [6, 6.07) is 11.0. The van der Waals surface area contributed by atoms with E-state index in [9.17, 15) is 4.79 Å². The SMILES string of the molecule is CCOc1c(Br)cc(C(=O)Nc2ncc(Cc3ccc(Cl)cc3)s2)cc1OC. The van der Waals surface area contributed by atoms with Crippen LogP contribution in [-0.4, -0.2) is 24.6 Å². The van der Waals surface area contributed by atoms with Gasteiger partial charge in [0, 0.05) is 28.1 Å². The Morgan fingerprint density at radius 2 is 2.04 bits per heavy atom. The Kier molecular flexibility index (Phi) is 6.93. The Hall–Kier alpha value is -2.09. The third kappa shape index (κ3) is 5.04. The lowest BCUT2D eigenvalue weighted by molar-refractivity contribution is 0.102. The third-order valence-corrected chi connectivity index (χ3v) is 5.60. The van der Waals surface area contributed by atoms with E-state index in [1.807, 2.05) is 31.2 Å². The maximum Gasteiger partial charge on any atom is 0.257 e. The smallest absolute Gasteiger partial charge is 0.257 e. The fourth-order valence-electron chi connectivity index (χ4n) is 2.56. The van der Waals surface area contributed by atoms with Gasteiger partial charge in [0.25, 0.3) is 5.91 Å². The molecule has 5 nitrogen and oxygen atoms in total. The van der Waals surface area contributed by atoms with Crippen molar-refractivity contribution in [1.29, 1.82) is 0 Å². The molecule has 0 spiro atoms. The van der Waals surface area contributed by atoms with Crippen molar-refractivity contribution in [2.75, 3.05) is 19.0 Å². The molecule has 0 saturated heterocycles. The minimum atomic E-state index is -0.269. The van der Waals surface area contributed by atoms with Gasteiger partial charge in [0.05, 0.1) is 18.2 Å². The van der Waals surface area contributed by atoms with Gasteiger partial charge in [-0.25, -0.2) is 4.98 Å². The standard InChI is InChI=1S/C20H18BrClN2O3S/c1-3-27-18-16(21)9-13(10-17(18)26-2)19(25)24-20-23-11-15(28-20)8-12-4-6-14(22)7-5-12/h4-7,9-11H,3,8H2,1-2H3,(H,23,24,25). The summed E-state index contributed by atoms with van der Waals surface area (Å²) < 4.78 is 11.6. The quantitative estimate of drug-likeness (QED) is 0.463. The van der Waals surface area contributed by atoms with Crippen LogP contribution in [0.4, 0.5) is 5.13 Å². The summed E-state index contributed by atoms with van der Waals surface area (Å²) in [6.07, 6.45) is 2.50.